The van der Waals surface area contributed by atoms with Crippen molar-refractivity contribution in [3.63, 3.8) is 0 Å². The third-order valence-corrected chi connectivity index (χ3v) is 18.9. The van der Waals surface area contributed by atoms with E-state index in [2.05, 4.69) is 65.0 Å². The second kappa shape index (κ2) is 68.4. The van der Waals surface area contributed by atoms with Gasteiger partial charge in [-0.05, 0) is 64.2 Å². The van der Waals surface area contributed by atoms with E-state index in [1.165, 1.54) is 384 Å². The van der Waals surface area contributed by atoms with Gasteiger partial charge < -0.3 is 35.7 Å². The van der Waals surface area contributed by atoms with Crippen LogP contribution in [0.5, 0.6) is 0 Å². The summed E-state index contributed by atoms with van der Waals surface area (Å²) in [6.45, 7) is 19.3. The summed E-state index contributed by atoms with van der Waals surface area (Å²) in [5.41, 5.74) is 1.56. The lowest BCUT2D eigenvalue weighted by Crippen LogP contribution is -3.00. The summed E-state index contributed by atoms with van der Waals surface area (Å²) in [7, 11) is 0. The first-order valence-corrected chi connectivity index (χ1v) is 38.9. The van der Waals surface area contributed by atoms with E-state index in [0.29, 0.717) is 0 Å². The van der Waals surface area contributed by atoms with Crippen molar-refractivity contribution in [3.05, 3.63) is 35.9 Å². The van der Waals surface area contributed by atoms with E-state index >= 15 is 0 Å². The maximum atomic E-state index is 6.89. The van der Waals surface area contributed by atoms with Crippen LogP contribution >= 0.6 is 0 Å². The molecule has 1 rings (SSSR count). The first kappa shape index (κ1) is 83.5. The van der Waals surface area contributed by atoms with Crippen LogP contribution in [0.15, 0.2) is 30.3 Å². The number of benzene rings is 1. The topological polar surface area (TPSA) is 27.7 Å². The SMILES string of the molecule is CCCCCCCCCCCCOC(CCCCCCCCCCC[N+](CCCCCCCCCCCC)(CCCCCCCCCCCC)Cc1ccccc1)(OCCCCCCCCCCCC)OCCCCCCCCCCCC.[Br-]. The molecular formula is C79H154BrNO3. The second-order valence-corrected chi connectivity index (χ2v) is 27.2. The number of nitrogens with zero attached hydrogens (tertiary/aromatic N) is 1. The Morgan fingerprint density at radius 3 is 0.690 bits per heavy atom. The Balaban J connectivity index is 0.0000689. The molecule has 0 saturated carbocycles. The summed E-state index contributed by atoms with van der Waals surface area (Å²) in [6, 6.07) is 11.6. The zero-order valence-corrected chi connectivity index (χ0v) is 59.9. The molecule has 0 fully saturated rings. The molecule has 0 aliphatic carbocycles. The van der Waals surface area contributed by atoms with Gasteiger partial charge in [0.2, 0.25) is 0 Å². The molecule has 1 aromatic rings. The lowest BCUT2D eigenvalue weighted by molar-refractivity contribution is -0.941. The monoisotopic (exact) mass is 1240 g/mol. The Morgan fingerprint density at radius 2 is 0.452 bits per heavy atom. The average Bonchev–Trinajstić information content (AvgIpc) is 3.53. The second-order valence-electron chi connectivity index (χ2n) is 27.2. The van der Waals surface area contributed by atoms with Gasteiger partial charge in [-0.3, -0.25) is 0 Å². The molecule has 0 heterocycles. The van der Waals surface area contributed by atoms with Gasteiger partial charge in [0.1, 0.15) is 6.54 Å². The maximum absolute atomic E-state index is 6.89. The fourth-order valence-corrected chi connectivity index (χ4v) is 13.2. The van der Waals surface area contributed by atoms with Crippen LogP contribution < -0.4 is 17.0 Å². The fourth-order valence-electron chi connectivity index (χ4n) is 13.2. The number of quaternary nitrogens is 1. The minimum atomic E-state index is -0.868. The minimum Gasteiger partial charge on any atom is -1.00 e. The Hall–Kier alpha value is -0.460. The predicted octanol–water partition coefficient (Wildman–Crippen LogP) is 24.2. The van der Waals surface area contributed by atoms with Crippen molar-refractivity contribution in [2.24, 2.45) is 0 Å². The van der Waals surface area contributed by atoms with Crippen LogP contribution in [0.1, 0.15) is 425 Å². The molecular weight excluding hydrogens is 1090 g/mol. The number of hydrogen-bond donors (Lipinski definition) is 0. The molecule has 0 aliphatic heterocycles. The smallest absolute Gasteiger partial charge is 0.282 e. The molecule has 4 nitrogen and oxygen atoms in total. The van der Waals surface area contributed by atoms with Crippen LogP contribution in [0.3, 0.4) is 0 Å². The fraction of sp³-hybridized carbons (Fsp3) is 0.924. The van der Waals surface area contributed by atoms with Gasteiger partial charge in [0, 0.05) is 12.0 Å². The van der Waals surface area contributed by atoms with E-state index in [0.717, 1.165) is 51.9 Å². The number of ether oxygens (including phenoxy) is 3. The quantitative estimate of drug-likeness (QED) is 0.0370. The van der Waals surface area contributed by atoms with Crippen LogP contribution in [0.2, 0.25) is 0 Å². The van der Waals surface area contributed by atoms with E-state index in [1.807, 2.05) is 0 Å². The molecule has 0 saturated heterocycles. The molecule has 0 aromatic heterocycles. The van der Waals surface area contributed by atoms with Crippen molar-refractivity contribution in [1.82, 2.24) is 0 Å². The Kier molecular flexibility index (Phi) is 68.1. The summed E-state index contributed by atoms with van der Waals surface area (Å²) in [4.78, 5) is 0. The van der Waals surface area contributed by atoms with Gasteiger partial charge in [-0.25, -0.2) is 0 Å². The van der Waals surface area contributed by atoms with Gasteiger partial charge in [0.25, 0.3) is 5.97 Å². The maximum Gasteiger partial charge on any atom is 0.282 e. The lowest BCUT2D eigenvalue weighted by Gasteiger charge is -2.39. The van der Waals surface area contributed by atoms with Crippen molar-refractivity contribution in [3.8, 4) is 0 Å². The third kappa shape index (κ3) is 56.8. The standard InChI is InChI=1S/C79H154NO3.BrH/c1-6-11-16-21-26-31-38-45-52-62-71-80(77-78-68-59-58-60-69-78,72-63-53-46-39-32-27-22-17-12-7-2)73-64-54-47-40-36-37-44-51-61-70-79(81-74-65-55-48-41-33-28-23-18-13-8-3,82-75-66-56-49-42-34-29-24-19-14-9-4)83-76-67-57-50-43-35-30-25-20-15-10-5;/h58-60,68-69H,6-57,61-67,70-77H2,1-5H3;1H/q+1;/p-1. The van der Waals surface area contributed by atoms with Gasteiger partial charge in [0.05, 0.1) is 39.5 Å². The van der Waals surface area contributed by atoms with E-state index < -0.39 is 5.97 Å². The van der Waals surface area contributed by atoms with E-state index in [1.54, 1.807) is 5.56 Å². The number of halogens is 1. The van der Waals surface area contributed by atoms with Gasteiger partial charge in [-0.15, -0.1) is 0 Å². The highest BCUT2D eigenvalue weighted by atomic mass is 79.9. The highest BCUT2D eigenvalue weighted by Gasteiger charge is 2.33. The van der Waals surface area contributed by atoms with E-state index in [9.17, 15) is 0 Å². The van der Waals surface area contributed by atoms with Gasteiger partial charge in [0.15, 0.2) is 0 Å². The Labute approximate surface area is 540 Å². The highest BCUT2D eigenvalue weighted by molar-refractivity contribution is 5.13. The van der Waals surface area contributed by atoms with Crippen LogP contribution in [-0.4, -0.2) is 49.9 Å². The molecule has 0 atom stereocenters. The van der Waals surface area contributed by atoms with E-state index in [-0.39, 0.29) is 17.0 Å². The van der Waals surface area contributed by atoms with Crippen LogP contribution in [0, 0.1) is 0 Å². The normalized spacial score (nSPS) is 12.0. The van der Waals surface area contributed by atoms with Crippen molar-refractivity contribution in [1.29, 1.82) is 0 Å². The molecule has 5 heteroatoms. The molecule has 0 radical (unpaired) electrons. The first-order chi connectivity index (χ1) is 41.1. The molecule has 0 unspecified atom stereocenters. The van der Waals surface area contributed by atoms with Crippen molar-refractivity contribution in [2.45, 2.75) is 432 Å². The Morgan fingerprint density at radius 1 is 0.250 bits per heavy atom. The lowest BCUT2D eigenvalue weighted by atomic mass is 10.0. The van der Waals surface area contributed by atoms with Gasteiger partial charge in [-0.2, -0.15) is 0 Å². The molecule has 1 aromatic carbocycles. The molecule has 0 N–H and O–H groups in total. The Bertz CT molecular complexity index is 1250. The molecule has 0 bridgehead atoms. The summed E-state index contributed by atoms with van der Waals surface area (Å²) in [5.74, 6) is -0.868. The molecule has 500 valence electrons. The summed E-state index contributed by atoms with van der Waals surface area (Å²) >= 11 is 0. The first-order valence-electron chi connectivity index (χ1n) is 38.9. The van der Waals surface area contributed by atoms with Crippen molar-refractivity contribution < 1.29 is 35.7 Å². The van der Waals surface area contributed by atoms with Crippen LogP contribution in [0.4, 0.5) is 0 Å². The molecule has 84 heavy (non-hydrogen) atoms. The molecule has 0 spiro atoms. The number of unbranched alkanes of at least 4 members (excludes halogenated alkanes) is 53. The zero-order valence-electron chi connectivity index (χ0n) is 58.3. The van der Waals surface area contributed by atoms with Gasteiger partial charge in [-0.1, -0.05) is 380 Å². The van der Waals surface area contributed by atoms with E-state index in [4.69, 9.17) is 14.2 Å². The molecule has 0 amide bonds. The van der Waals surface area contributed by atoms with Gasteiger partial charge >= 0.3 is 0 Å². The van der Waals surface area contributed by atoms with Crippen LogP contribution in [-0.2, 0) is 20.8 Å². The predicted molar refractivity (Wildman–Crippen MR) is 371 cm³/mol. The number of hydrogen-bond acceptors (Lipinski definition) is 3. The number of rotatable bonds is 72. The summed E-state index contributed by atoms with van der Waals surface area (Å²) in [5, 5.41) is 0. The average molecular weight is 1250 g/mol. The van der Waals surface area contributed by atoms with Crippen molar-refractivity contribution in [2.75, 3.05) is 39.5 Å². The minimum absolute atomic E-state index is 0. The summed E-state index contributed by atoms with van der Waals surface area (Å²) in [6.07, 6.45) is 81.8. The van der Waals surface area contributed by atoms with Crippen LogP contribution in [0.25, 0.3) is 0 Å². The zero-order chi connectivity index (χ0) is 59.6. The highest BCUT2D eigenvalue weighted by Crippen LogP contribution is 2.28. The molecule has 0 aliphatic rings. The summed E-state index contributed by atoms with van der Waals surface area (Å²) < 4.78 is 22.0. The van der Waals surface area contributed by atoms with Crippen molar-refractivity contribution >= 4 is 0 Å². The largest absolute Gasteiger partial charge is 1.00 e. The third-order valence-electron chi connectivity index (χ3n) is 18.9.